The Bertz CT molecular complexity index is 594. The molecule has 0 heterocycles. The monoisotopic (exact) mass is 314 g/mol. The summed E-state index contributed by atoms with van der Waals surface area (Å²) in [6, 6.07) is 6.96. The Kier molecular flexibility index (Phi) is 5.92. The normalized spacial score (nSPS) is 12.1. The minimum Gasteiger partial charge on any atom is -0.406 e. The van der Waals surface area contributed by atoms with Crippen LogP contribution in [0.2, 0.25) is 0 Å². The third kappa shape index (κ3) is 5.09. The topological polar surface area (TPSA) is 79.2 Å². The third-order valence-electron chi connectivity index (χ3n) is 2.80. The molecule has 1 amide bonds. The van der Waals surface area contributed by atoms with Gasteiger partial charge in [0.05, 0.1) is 6.07 Å². The molecular formula is C14H13F3N2O3. The van der Waals surface area contributed by atoms with E-state index < -0.39 is 29.7 Å². The van der Waals surface area contributed by atoms with Crippen molar-refractivity contribution in [3.63, 3.8) is 0 Å². The van der Waals surface area contributed by atoms with Crippen molar-refractivity contribution in [3.8, 4) is 11.8 Å². The number of nitriles is 1. The van der Waals surface area contributed by atoms with Crippen molar-refractivity contribution in [1.82, 2.24) is 5.32 Å². The average Bonchev–Trinajstić information content (AvgIpc) is 2.45. The van der Waals surface area contributed by atoms with Gasteiger partial charge in [-0.1, -0.05) is 18.2 Å². The van der Waals surface area contributed by atoms with Crippen LogP contribution in [0.5, 0.6) is 5.75 Å². The molecule has 0 aliphatic heterocycles. The second-order valence-corrected chi connectivity index (χ2v) is 4.30. The summed E-state index contributed by atoms with van der Waals surface area (Å²) in [5, 5.41) is 11.0. The van der Waals surface area contributed by atoms with Gasteiger partial charge in [-0.15, -0.1) is 13.2 Å². The smallest absolute Gasteiger partial charge is 0.406 e. The Hall–Kier alpha value is -2.56. The molecule has 5 nitrogen and oxygen atoms in total. The number of alkyl halides is 3. The first kappa shape index (κ1) is 17.5. The number of carbonyl (C=O) groups excluding carboxylic acids is 2. The van der Waals surface area contributed by atoms with Gasteiger partial charge in [-0.3, -0.25) is 9.59 Å². The van der Waals surface area contributed by atoms with Crippen LogP contribution in [-0.2, 0) is 16.0 Å². The maximum Gasteiger partial charge on any atom is 0.573 e. The van der Waals surface area contributed by atoms with Gasteiger partial charge in [0.2, 0.25) is 5.91 Å². The zero-order chi connectivity index (χ0) is 16.8. The predicted octanol–water partition coefficient (Wildman–Crippen LogP) is 1.97. The lowest BCUT2D eigenvalue weighted by Gasteiger charge is -2.13. The molecular weight excluding hydrogens is 301 g/mol. The molecule has 0 saturated carbocycles. The number of Topliss-reactive ketones (excluding diaryl/α,β-unsaturated/α-hetero) is 1. The Morgan fingerprint density at radius 1 is 1.36 bits per heavy atom. The fraction of sp³-hybridized carbons (Fsp3) is 0.357. The van der Waals surface area contributed by atoms with Gasteiger partial charge >= 0.3 is 6.36 Å². The summed E-state index contributed by atoms with van der Waals surface area (Å²) in [7, 11) is 1.28. The quantitative estimate of drug-likeness (QED) is 0.814. The van der Waals surface area contributed by atoms with Gasteiger partial charge in [0.1, 0.15) is 5.75 Å². The molecule has 118 valence electrons. The zero-order valence-electron chi connectivity index (χ0n) is 11.6. The standard InChI is InChI=1S/C14H13F3N2O3/c1-19-13(21)10(8-18)11(20)7-6-9-4-2-3-5-12(9)22-14(15,16)17/h2-5,10H,6-7H2,1H3,(H,19,21). The fourth-order valence-electron chi connectivity index (χ4n) is 1.76. The molecule has 8 heteroatoms. The van der Waals surface area contributed by atoms with Crippen LogP contribution in [0.25, 0.3) is 0 Å². The number of halogens is 3. The number of nitrogens with one attached hydrogen (secondary N) is 1. The summed E-state index contributed by atoms with van der Waals surface area (Å²) < 4.78 is 40.7. The van der Waals surface area contributed by atoms with E-state index in [-0.39, 0.29) is 18.4 Å². The number of aryl methyl sites for hydroxylation is 1. The largest absolute Gasteiger partial charge is 0.573 e. The number of amides is 1. The minimum atomic E-state index is -4.84. The molecule has 1 atom stereocenters. The van der Waals surface area contributed by atoms with Crippen molar-refractivity contribution in [2.75, 3.05) is 7.05 Å². The number of nitrogens with zero attached hydrogens (tertiary/aromatic N) is 1. The van der Waals surface area contributed by atoms with Crippen LogP contribution in [0.4, 0.5) is 13.2 Å². The van der Waals surface area contributed by atoms with Crippen molar-refractivity contribution in [2.45, 2.75) is 19.2 Å². The zero-order valence-corrected chi connectivity index (χ0v) is 11.6. The lowest BCUT2D eigenvalue weighted by molar-refractivity contribution is -0.274. The van der Waals surface area contributed by atoms with Gasteiger partial charge in [0, 0.05) is 13.5 Å². The van der Waals surface area contributed by atoms with Crippen LogP contribution in [0.3, 0.4) is 0 Å². The van der Waals surface area contributed by atoms with Crippen molar-refractivity contribution in [3.05, 3.63) is 29.8 Å². The third-order valence-corrected chi connectivity index (χ3v) is 2.80. The van der Waals surface area contributed by atoms with Gasteiger partial charge in [0.25, 0.3) is 0 Å². The molecule has 0 spiro atoms. The second-order valence-electron chi connectivity index (χ2n) is 4.30. The highest BCUT2D eigenvalue weighted by Gasteiger charge is 2.32. The van der Waals surface area contributed by atoms with E-state index in [1.807, 2.05) is 0 Å². The van der Waals surface area contributed by atoms with Crippen LogP contribution >= 0.6 is 0 Å². The summed E-state index contributed by atoms with van der Waals surface area (Å²) in [5.74, 6) is -3.28. The number of para-hydroxylation sites is 1. The number of ether oxygens (including phenoxy) is 1. The van der Waals surface area contributed by atoms with Gasteiger partial charge in [0.15, 0.2) is 11.7 Å². The van der Waals surface area contributed by atoms with Crippen molar-refractivity contribution in [1.29, 1.82) is 5.26 Å². The number of hydrogen-bond acceptors (Lipinski definition) is 4. The highest BCUT2D eigenvalue weighted by atomic mass is 19.4. The molecule has 22 heavy (non-hydrogen) atoms. The highest BCUT2D eigenvalue weighted by Crippen LogP contribution is 2.27. The Balaban J connectivity index is 2.78. The molecule has 0 aliphatic carbocycles. The van der Waals surface area contributed by atoms with Gasteiger partial charge < -0.3 is 10.1 Å². The maximum atomic E-state index is 12.3. The number of benzene rings is 1. The summed E-state index contributed by atoms with van der Waals surface area (Å²) in [4.78, 5) is 23.1. The summed E-state index contributed by atoms with van der Waals surface area (Å²) >= 11 is 0. The van der Waals surface area contributed by atoms with E-state index in [0.717, 1.165) is 6.07 Å². The number of ketones is 1. The highest BCUT2D eigenvalue weighted by molar-refractivity contribution is 6.03. The van der Waals surface area contributed by atoms with E-state index in [0.29, 0.717) is 0 Å². The molecule has 1 N–H and O–H groups in total. The van der Waals surface area contributed by atoms with E-state index >= 15 is 0 Å². The lowest BCUT2D eigenvalue weighted by Crippen LogP contribution is -2.32. The van der Waals surface area contributed by atoms with Crippen molar-refractivity contribution >= 4 is 11.7 Å². The SMILES string of the molecule is CNC(=O)C(C#N)C(=O)CCc1ccccc1OC(F)(F)F. The molecule has 0 aromatic heterocycles. The Morgan fingerprint density at radius 3 is 2.55 bits per heavy atom. The fourth-order valence-corrected chi connectivity index (χ4v) is 1.76. The lowest BCUT2D eigenvalue weighted by atomic mass is 9.98. The molecule has 1 aromatic carbocycles. The molecule has 0 fully saturated rings. The van der Waals surface area contributed by atoms with Gasteiger partial charge in [-0.25, -0.2) is 0 Å². The molecule has 1 aromatic rings. The van der Waals surface area contributed by atoms with Gasteiger partial charge in [-0.05, 0) is 18.1 Å². The average molecular weight is 314 g/mol. The van der Waals surface area contributed by atoms with Crippen LogP contribution < -0.4 is 10.1 Å². The van der Waals surface area contributed by atoms with Crippen LogP contribution in [0, 0.1) is 17.2 Å². The van der Waals surface area contributed by atoms with Crippen LogP contribution in [-0.4, -0.2) is 25.1 Å². The first-order valence-electron chi connectivity index (χ1n) is 6.26. The molecule has 0 radical (unpaired) electrons. The molecule has 1 rings (SSSR count). The molecule has 1 unspecified atom stereocenters. The Morgan fingerprint density at radius 2 is 2.00 bits per heavy atom. The summed E-state index contributed by atoms with van der Waals surface area (Å²) in [6.07, 6.45) is -5.15. The molecule has 0 bridgehead atoms. The molecule has 0 aliphatic rings. The van der Waals surface area contributed by atoms with Crippen molar-refractivity contribution in [2.24, 2.45) is 5.92 Å². The number of carbonyl (C=O) groups is 2. The first-order valence-corrected chi connectivity index (χ1v) is 6.26. The van der Waals surface area contributed by atoms with E-state index in [9.17, 15) is 22.8 Å². The summed E-state index contributed by atoms with van der Waals surface area (Å²) in [5.41, 5.74) is 0.168. The van der Waals surface area contributed by atoms with E-state index in [2.05, 4.69) is 10.1 Å². The van der Waals surface area contributed by atoms with E-state index in [1.165, 1.54) is 25.2 Å². The number of hydrogen-bond donors (Lipinski definition) is 1. The van der Waals surface area contributed by atoms with Crippen molar-refractivity contribution < 1.29 is 27.5 Å². The Labute approximate surface area is 124 Å². The van der Waals surface area contributed by atoms with Crippen LogP contribution in [0.1, 0.15) is 12.0 Å². The number of rotatable bonds is 6. The summed E-state index contributed by atoms with van der Waals surface area (Å²) in [6.45, 7) is 0. The van der Waals surface area contributed by atoms with Gasteiger partial charge in [-0.2, -0.15) is 5.26 Å². The van der Waals surface area contributed by atoms with Crippen LogP contribution in [0.15, 0.2) is 24.3 Å². The van der Waals surface area contributed by atoms with E-state index in [1.54, 1.807) is 6.07 Å². The first-order chi connectivity index (χ1) is 10.3. The second kappa shape index (κ2) is 7.45. The maximum absolute atomic E-state index is 12.3. The molecule has 0 saturated heterocycles. The predicted molar refractivity (Wildman–Crippen MR) is 69.6 cm³/mol. The van der Waals surface area contributed by atoms with E-state index in [4.69, 9.17) is 5.26 Å². The minimum absolute atomic E-state index is 0.0692.